The third-order valence-corrected chi connectivity index (χ3v) is 9.83. The van der Waals surface area contributed by atoms with Crippen molar-refractivity contribution in [3.63, 3.8) is 0 Å². The lowest BCUT2D eigenvalue weighted by molar-refractivity contribution is -0.155. The molecule has 4 aromatic rings. The van der Waals surface area contributed by atoms with Gasteiger partial charge in [-0.05, 0) is 82.7 Å². The molecule has 2 heterocycles. The smallest absolute Gasteiger partial charge is 0.273 e. The summed E-state index contributed by atoms with van der Waals surface area (Å²) in [5.74, 6) is -3.57. The number of carbonyl (C=O) groups is 1. The highest BCUT2D eigenvalue weighted by Crippen LogP contribution is 2.46. The highest BCUT2D eigenvalue weighted by molar-refractivity contribution is 6.31. The summed E-state index contributed by atoms with van der Waals surface area (Å²) >= 11 is 5.85. The number of nitrogens with one attached hydrogen (secondary N) is 2. The molecular formula is C38H40ClF7N4O. The predicted octanol–water partition coefficient (Wildman–Crippen LogP) is 10.6. The number of carbonyl (C=O) groups excluding carboxylic acids is 1. The Bertz CT molecular complexity index is 1890. The molecule has 3 aromatic carbocycles. The van der Waals surface area contributed by atoms with Gasteiger partial charge in [0.1, 0.15) is 11.7 Å². The molecule has 2 N–H and O–H groups in total. The van der Waals surface area contributed by atoms with Gasteiger partial charge in [0.15, 0.2) is 0 Å². The number of alkyl halides is 7. The van der Waals surface area contributed by atoms with Gasteiger partial charge in [-0.25, -0.2) is 14.8 Å². The summed E-state index contributed by atoms with van der Waals surface area (Å²) in [4.78, 5) is 12.8. The number of aryl methyl sites for hydroxylation is 1. The molecule has 51 heavy (non-hydrogen) atoms. The van der Waals surface area contributed by atoms with E-state index in [0.29, 0.717) is 17.1 Å². The molecule has 1 saturated heterocycles. The minimum Gasteiger partial charge on any atom is -0.273 e. The lowest BCUT2D eigenvalue weighted by Gasteiger charge is -2.31. The van der Waals surface area contributed by atoms with Crippen molar-refractivity contribution in [1.82, 2.24) is 20.6 Å². The van der Waals surface area contributed by atoms with Gasteiger partial charge in [0.25, 0.3) is 5.91 Å². The zero-order valence-corrected chi connectivity index (χ0v) is 29.8. The number of amides is 1. The second-order valence-corrected chi connectivity index (χ2v) is 15.2. The van der Waals surface area contributed by atoms with Crippen LogP contribution in [-0.2, 0) is 35.6 Å². The minimum absolute atomic E-state index is 0.00923. The van der Waals surface area contributed by atoms with E-state index in [-0.39, 0.29) is 27.0 Å². The van der Waals surface area contributed by atoms with Gasteiger partial charge < -0.3 is 0 Å². The summed E-state index contributed by atoms with van der Waals surface area (Å²) in [6, 6.07) is 14.9. The molecule has 0 saturated carbocycles. The van der Waals surface area contributed by atoms with E-state index >= 15 is 4.39 Å². The van der Waals surface area contributed by atoms with E-state index in [2.05, 4.69) is 50.9 Å². The number of H-pyrrole nitrogens is 1. The molecule has 13 heteroatoms. The number of benzene rings is 3. The first-order valence-electron chi connectivity index (χ1n) is 16.6. The van der Waals surface area contributed by atoms with E-state index in [0.717, 1.165) is 41.2 Å². The van der Waals surface area contributed by atoms with Crippen LogP contribution in [0.3, 0.4) is 0 Å². The highest BCUT2D eigenvalue weighted by Gasteiger charge is 2.58. The minimum atomic E-state index is -4.70. The van der Waals surface area contributed by atoms with E-state index < -0.39 is 42.2 Å². The van der Waals surface area contributed by atoms with E-state index in [1.165, 1.54) is 42.0 Å². The van der Waals surface area contributed by atoms with Crippen molar-refractivity contribution in [1.29, 1.82) is 0 Å². The number of hydrogen-bond donors (Lipinski definition) is 2. The molecule has 0 bridgehead atoms. The molecule has 274 valence electrons. The summed E-state index contributed by atoms with van der Waals surface area (Å²) in [7, 11) is 0. The first-order valence-corrected chi connectivity index (χ1v) is 16.9. The molecule has 1 aliphatic carbocycles. The molecule has 1 aromatic heterocycles. The Labute approximate surface area is 297 Å². The van der Waals surface area contributed by atoms with Gasteiger partial charge in [0, 0.05) is 28.1 Å². The molecule has 2 aliphatic rings. The van der Waals surface area contributed by atoms with Crippen molar-refractivity contribution in [3.8, 4) is 11.3 Å². The lowest BCUT2D eigenvalue weighted by atomic mass is 9.79. The van der Waals surface area contributed by atoms with Crippen LogP contribution in [0.2, 0.25) is 5.02 Å². The van der Waals surface area contributed by atoms with Crippen LogP contribution < -0.4 is 5.43 Å². The fourth-order valence-electron chi connectivity index (χ4n) is 6.45. The Hall–Kier alpha value is -3.90. The number of halogens is 8. The van der Waals surface area contributed by atoms with Crippen LogP contribution in [0.25, 0.3) is 11.3 Å². The van der Waals surface area contributed by atoms with Crippen LogP contribution in [0.1, 0.15) is 98.3 Å². The Morgan fingerprint density at radius 3 is 2.20 bits per heavy atom. The van der Waals surface area contributed by atoms with Crippen LogP contribution in [0.15, 0.2) is 66.7 Å². The summed E-state index contributed by atoms with van der Waals surface area (Å²) in [6.07, 6.45) is -7.47. The molecule has 5 nitrogen and oxygen atoms in total. The second kappa shape index (κ2) is 13.6. The van der Waals surface area contributed by atoms with Gasteiger partial charge in [-0.2, -0.15) is 31.4 Å². The van der Waals surface area contributed by atoms with Crippen LogP contribution in [0.4, 0.5) is 30.7 Å². The first-order chi connectivity index (χ1) is 23.5. The SMILES string of the molecule is CC(C)(C)c1cc(-c2cc(C(F)(F)F)[nH]n2)c2c(c1)C(C)(C)CC2.CCc1ccc(C2(F)CC(C(F)(F)F)NN2C(=O)c2cccc(Cl)c2)cc1. The van der Waals surface area contributed by atoms with E-state index in [1.54, 1.807) is 12.1 Å². The Kier molecular flexibility index (Phi) is 10.2. The molecule has 2 atom stereocenters. The van der Waals surface area contributed by atoms with Crippen LogP contribution >= 0.6 is 11.6 Å². The maximum atomic E-state index is 15.9. The molecule has 1 fully saturated rings. The highest BCUT2D eigenvalue weighted by atomic mass is 35.5. The number of hydrogen-bond acceptors (Lipinski definition) is 3. The van der Waals surface area contributed by atoms with Crippen molar-refractivity contribution in [3.05, 3.63) is 111 Å². The molecule has 1 amide bonds. The van der Waals surface area contributed by atoms with Crippen molar-refractivity contribution >= 4 is 17.5 Å². The molecule has 6 rings (SSSR count). The maximum Gasteiger partial charge on any atom is 0.432 e. The Balaban J connectivity index is 0.000000199. The average Bonchev–Trinajstić information content (AvgIpc) is 3.77. The van der Waals surface area contributed by atoms with Crippen LogP contribution in [0.5, 0.6) is 0 Å². The first kappa shape index (κ1) is 38.3. The number of aromatic nitrogens is 2. The molecular weight excluding hydrogens is 697 g/mol. The van der Waals surface area contributed by atoms with Gasteiger partial charge in [0.05, 0.1) is 5.69 Å². The fourth-order valence-corrected chi connectivity index (χ4v) is 6.64. The standard InChI is InChI=1S/C19H17ClF4N2O.C19H23F3N2/c1-2-12-6-8-14(9-7-12)18(21)11-16(19(22,23)24)25-26(18)17(27)13-4-3-5-15(20)10-13;1-17(2,3)11-8-13(12-6-7-18(4,5)14(12)9-11)15-10-16(24-23-15)19(20,21)22/h3-10,16,25H,2,11H2,1H3;8-10H,6-7H2,1-5H3,(H,23,24). The zero-order chi connectivity index (χ0) is 37.7. The second-order valence-electron chi connectivity index (χ2n) is 14.7. The third-order valence-electron chi connectivity index (χ3n) is 9.59. The van der Waals surface area contributed by atoms with Crippen LogP contribution in [-0.4, -0.2) is 33.3 Å². The Morgan fingerprint density at radius 2 is 1.65 bits per heavy atom. The molecule has 0 spiro atoms. The van der Waals surface area contributed by atoms with Crippen molar-refractivity contribution in [2.45, 2.75) is 102 Å². The topological polar surface area (TPSA) is 61.0 Å². The van der Waals surface area contributed by atoms with Gasteiger partial charge in [-0.3, -0.25) is 9.89 Å². The Morgan fingerprint density at radius 1 is 0.980 bits per heavy atom. The number of aromatic amines is 1. The molecule has 1 aliphatic heterocycles. The van der Waals surface area contributed by atoms with Gasteiger partial charge in [0.2, 0.25) is 5.79 Å². The summed E-state index contributed by atoms with van der Waals surface area (Å²) < 4.78 is 94.4. The van der Waals surface area contributed by atoms with Crippen molar-refractivity contribution in [2.24, 2.45) is 0 Å². The predicted molar refractivity (Wildman–Crippen MR) is 183 cm³/mol. The van der Waals surface area contributed by atoms with E-state index in [4.69, 9.17) is 11.6 Å². The largest absolute Gasteiger partial charge is 0.432 e. The monoisotopic (exact) mass is 736 g/mol. The van der Waals surface area contributed by atoms with Crippen molar-refractivity contribution in [2.75, 3.05) is 0 Å². The zero-order valence-electron chi connectivity index (χ0n) is 29.1. The number of hydrazine groups is 1. The fraction of sp³-hybridized carbons (Fsp3) is 0.421. The normalized spacial score (nSPS) is 20.2. The van der Waals surface area contributed by atoms with E-state index in [9.17, 15) is 31.1 Å². The molecule has 2 unspecified atom stereocenters. The number of rotatable bonds is 4. The van der Waals surface area contributed by atoms with E-state index in [1.807, 2.05) is 18.4 Å². The molecule has 0 radical (unpaired) electrons. The number of fused-ring (bicyclic) bond motifs is 1. The average molecular weight is 737 g/mol. The maximum absolute atomic E-state index is 15.9. The van der Waals surface area contributed by atoms with Gasteiger partial charge in [-0.1, -0.05) is 89.5 Å². The summed E-state index contributed by atoms with van der Waals surface area (Å²) in [5.41, 5.74) is 6.75. The summed E-state index contributed by atoms with van der Waals surface area (Å²) in [6.45, 7) is 12.7. The lowest BCUT2D eigenvalue weighted by Crippen LogP contribution is -2.50. The van der Waals surface area contributed by atoms with Gasteiger partial charge in [-0.15, -0.1) is 0 Å². The van der Waals surface area contributed by atoms with Crippen molar-refractivity contribution < 1.29 is 35.5 Å². The third kappa shape index (κ3) is 7.96. The number of nitrogens with zero attached hydrogens (tertiary/aromatic N) is 2. The quantitative estimate of drug-likeness (QED) is 0.162. The van der Waals surface area contributed by atoms with Crippen LogP contribution in [0, 0.1) is 0 Å². The summed E-state index contributed by atoms with van der Waals surface area (Å²) in [5, 5.41) is 6.75. The van der Waals surface area contributed by atoms with Gasteiger partial charge >= 0.3 is 12.4 Å².